The van der Waals surface area contributed by atoms with Crippen molar-refractivity contribution in [3.63, 3.8) is 0 Å². The average Bonchev–Trinajstić information content (AvgIpc) is 3.27. The Morgan fingerprint density at radius 2 is 1.85 bits per heavy atom. The summed E-state index contributed by atoms with van der Waals surface area (Å²) >= 11 is 4.99. The molecule has 0 unspecified atom stereocenters. The minimum absolute atomic E-state index is 0. The monoisotopic (exact) mass is 425 g/mol. The van der Waals surface area contributed by atoms with Gasteiger partial charge in [-0.2, -0.15) is 0 Å². The van der Waals surface area contributed by atoms with E-state index in [0.29, 0.717) is 11.4 Å². The van der Waals surface area contributed by atoms with Crippen molar-refractivity contribution in [2.45, 2.75) is 25.7 Å². The highest BCUT2D eigenvalue weighted by Crippen LogP contribution is 2.40. The van der Waals surface area contributed by atoms with E-state index in [1.165, 1.54) is 33.8 Å². The van der Waals surface area contributed by atoms with Crippen LogP contribution in [-0.2, 0) is 0 Å². The van der Waals surface area contributed by atoms with Crippen LogP contribution in [-0.4, -0.2) is 23.1 Å². The highest BCUT2D eigenvalue weighted by Gasteiger charge is 2.20. The third-order valence-electron chi connectivity index (χ3n) is 4.65. The molecule has 1 aliphatic heterocycles. The molecule has 4 aromatic rings. The number of hydrogen-bond donors (Lipinski definition) is 1. The quantitative estimate of drug-likeness (QED) is 0.429. The topological polar surface area (TPSA) is 37.8 Å². The average molecular weight is 426 g/mol. The normalized spacial score (nSPS) is 15.6. The van der Waals surface area contributed by atoms with Crippen molar-refractivity contribution in [1.29, 1.82) is 0 Å². The first kappa shape index (κ1) is 18.3. The van der Waals surface area contributed by atoms with Crippen molar-refractivity contribution in [2.75, 3.05) is 13.1 Å². The Labute approximate surface area is 168 Å². The van der Waals surface area contributed by atoms with E-state index in [9.17, 15) is 4.39 Å². The Balaban J connectivity index is 0.00000168. The summed E-state index contributed by atoms with van der Waals surface area (Å²) in [5, 5.41) is 5.20. The van der Waals surface area contributed by atoms with Crippen LogP contribution in [0.4, 0.5) is 4.39 Å². The number of nitrogens with one attached hydrogen (secondary N) is 1. The SMILES string of the molecule is Cc1nc2c(F)cc(-c3nc4sc(C5CCNCC5)cc4s3)cc2s1.Cl. The first-order valence-corrected chi connectivity index (χ1v) is 10.8. The smallest absolute Gasteiger partial charge is 0.151 e. The van der Waals surface area contributed by atoms with Crippen LogP contribution >= 0.6 is 46.4 Å². The Morgan fingerprint density at radius 1 is 1.04 bits per heavy atom. The summed E-state index contributed by atoms with van der Waals surface area (Å²) in [6, 6.07) is 5.87. The number of benzene rings is 1. The maximum Gasteiger partial charge on any atom is 0.151 e. The number of aryl methyl sites for hydroxylation is 1. The Hall–Kier alpha value is -1.12. The lowest BCUT2D eigenvalue weighted by atomic mass is 9.97. The minimum atomic E-state index is -0.259. The molecule has 3 aromatic heterocycles. The molecule has 8 heteroatoms. The van der Waals surface area contributed by atoms with E-state index in [0.717, 1.165) is 38.2 Å². The first-order chi connectivity index (χ1) is 12.2. The van der Waals surface area contributed by atoms with Gasteiger partial charge >= 0.3 is 0 Å². The Kier molecular flexibility index (Phi) is 5.00. The minimum Gasteiger partial charge on any atom is -0.317 e. The van der Waals surface area contributed by atoms with Crippen LogP contribution in [0.3, 0.4) is 0 Å². The van der Waals surface area contributed by atoms with Crippen LogP contribution in [0, 0.1) is 12.7 Å². The van der Waals surface area contributed by atoms with Gasteiger partial charge in [-0.25, -0.2) is 14.4 Å². The molecular weight excluding hydrogens is 409 g/mol. The molecule has 1 saturated heterocycles. The molecule has 5 rings (SSSR count). The van der Waals surface area contributed by atoms with Gasteiger partial charge in [0, 0.05) is 10.4 Å². The van der Waals surface area contributed by atoms with E-state index in [1.807, 2.05) is 13.0 Å². The van der Waals surface area contributed by atoms with Gasteiger partial charge in [-0.05, 0) is 57.0 Å². The van der Waals surface area contributed by atoms with Crippen LogP contribution in [0.1, 0.15) is 28.6 Å². The number of halogens is 2. The molecule has 1 aromatic carbocycles. The molecule has 1 aliphatic rings. The van der Waals surface area contributed by atoms with E-state index in [-0.39, 0.29) is 18.2 Å². The number of nitrogens with zero attached hydrogens (tertiary/aromatic N) is 2. The summed E-state index contributed by atoms with van der Waals surface area (Å²) in [4.78, 5) is 11.6. The van der Waals surface area contributed by atoms with E-state index in [2.05, 4.69) is 16.4 Å². The summed E-state index contributed by atoms with van der Waals surface area (Å²) in [6.07, 6.45) is 2.40. The molecule has 136 valence electrons. The molecule has 1 fully saturated rings. The van der Waals surface area contributed by atoms with Crippen molar-refractivity contribution < 1.29 is 4.39 Å². The van der Waals surface area contributed by atoms with Gasteiger partial charge in [0.25, 0.3) is 0 Å². The number of rotatable bonds is 2. The first-order valence-electron chi connectivity index (χ1n) is 8.35. The van der Waals surface area contributed by atoms with E-state index in [1.54, 1.807) is 28.7 Å². The molecule has 0 saturated carbocycles. The van der Waals surface area contributed by atoms with Gasteiger partial charge < -0.3 is 5.32 Å². The zero-order chi connectivity index (χ0) is 17.0. The third kappa shape index (κ3) is 3.16. The summed E-state index contributed by atoms with van der Waals surface area (Å²) in [5.41, 5.74) is 1.32. The van der Waals surface area contributed by atoms with Crippen molar-refractivity contribution in [1.82, 2.24) is 15.3 Å². The number of aromatic nitrogens is 2. The number of thiazole rings is 2. The second-order valence-corrected chi connectivity index (χ2v) is 9.73. The fraction of sp³-hybridized carbons (Fsp3) is 0.333. The van der Waals surface area contributed by atoms with Crippen LogP contribution in [0.5, 0.6) is 0 Å². The van der Waals surface area contributed by atoms with Gasteiger partial charge in [0.15, 0.2) is 5.82 Å². The number of thiophene rings is 1. The van der Waals surface area contributed by atoms with Gasteiger partial charge in [0.1, 0.15) is 15.4 Å². The van der Waals surface area contributed by atoms with Gasteiger partial charge in [0.2, 0.25) is 0 Å². The molecule has 3 nitrogen and oxygen atoms in total. The predicted molar refractivity (Wildman–Crippen MR) is 113 cm³/mol. The Morgan fingerprint density at radius 3 is 2.62 bits per heavy atom. The number of fused-ring (bicyclic) bond motifs is 2. The van der Waals surface area contributed by atoms with Crippen molar-refractivity contribution in [2.24, 2.45) is 0 Å². The van der Waals surface area contributed by atoms with Gasteiger partial charge in [-0.3, -0.25) is 0 Å². The lowest BCUT2D eigenvalue weighted by Crippen LogP contribution is -2.26. The maximum atomic E-state index is 14.4. The molecule has 0 radical (unpaired) electrons. The van der Waals surface area contributed by atoms with Crippen LogP contribution < -0.4 is 5.32 Å². The van der Waals surface area contributed by atoms with Crippen molar-refractivity contribution >= 4 is 66.2 Å². The molecule has 4 heterocycles. The van der Waals surface area contributed by atoms with Gasteiger partial charge in [0.05, 0.1) is 14.4 Å². The lowest BCUT2D eigenvalue weighted by Gasteiger charge is -2.21. The van der Waals surface area contributed by atoms with Crippen molar-refractivity contribution in [3.05, 3.63) is 33.9 Å². The summed E-state index contributed by atoms with van der Waals surface area (Å²) in [5.74, 6) is 0.399. The predicted octanol–water partition coefficient (Wildman–Crippen LogP) is 5.97. The van der Waals surface area contributed by atoms with E-state index >= 15 is 0 Å². The molecule has 0 aliphatic carbocycles. The summed E-state index contributed by atoms with van der Waals surface area (Å²) in [6.45, 7) is 4.11. The maximum absolute atomic E-state index is 14.4. The Bertz CT molecular complexity index is 1050. The number of hydrogen-bond acceptors (Lipinski definition) is 6. The molecule has 26 heavy (non-hydrogen) atoms. The number of piperidine rings is 1. The van der Waals surface area contributed by atoms with E-state index in [4.69, 9.17) is 4.98 Å². The third-order valence-corrected chi connectivity index (χ3v) is 7.94. The highest BCUT2D eigenvalue weighted by molar-refractivity contribution is 7.28. The second-order valence-electron chi connectivity index (χ2n) is 6.40. The fourth-order valence-electron chi connectivity index (χ4n) is 3.41. The molecule has 1 N–H and O–H groups in total. The largest absolute Gasteiger partial charge is 0.317 e. The zero-order valence-corrected chi connectivity index (χ0v) is 17.3. The second kappa shape index (κ2) is 7.13. The van der Waals surface area contributed by atoms with Crippen LogP contribution in [0.15, 0.2) is 18.2 Å². The highest BCUT2D eigenvalue weighted by atomic mass is 35.5. The van der Waals surface area contributed by atoms with E-state index < -0.39 is 0 Å². The lowest BCUT2D eigenvalue weighted by molar-refractivity contribution is 0.465. The van der Waals surface area contributed by atoms with Crippen molar-refractivity contribution in [3.8, 4) is 10.6 Å². The molecule has 0 spiro atoms. The van der Waals surface area contributed by atoms with Gasteiger partial charge in [-0.1, -0.05) is 0 Å². The zero-order valence-electron chi connectivity index (χ0n) is 14.0. The molecule has 0 atom stereocenters. The summed E-state index contributed by atoms with van der Waals surface area (Å²) < 4.78 is 16.5. The summed E-state index contributed by atoms with van der Waals surface area (Å²) in [7, 11) is 0. The molecular formula is C18H17ClFN3S3. The standard InChI is InChI=1S/C18H16FN3S3.ClH/c1-9-21-16-12(19)6-11(7-14(16)23-9)17-22-18-15(25-17)8-13(24-18)10-2-4-20-5-3-10;/h6-8,10,20H,2-5H2,1H3;1H. The fourth-order valence-corrected chi connectivity index (χ4v) is 6.67. The van der Waals surface area contributed by atoms with Crippen LogP contribution in [0.2, 0.25) is 0 Å². The van der Waals surface area contributed by atoms with Gasteiger partial charge in [-0.15, -0.1) is 46.4 Å². The molecule has 0 amide bonds. The van der Waals surface area contributed by atoms with Crippen LogP contribution in [0.25, 0.3) is 30.3 Å². The molecule has 0 bridgehead atoms.